The van der Waals surface area contributed by atoms with Crippen molar-refractivity contribution in [1.82, 2.24) is 10.3 Å². The monoisotopic (exact) mass is 324 g/mol. The molecule has 1 heterocycles. The zero-order valence-electron chi connectivity index (χ0n) is 11.6. The number of hydrogen-bond donors (Lipinski definition) is 1. The van der Waals surface area contributed by atoms with Gasteiger partial charge in [-0.3, -0.25) is 9.78 Å². The number of hydrogen-bond acceptors (Lipinski definition) is 2. The second kappa shape index (κ2) is 6.04. The van der Waals surface area contributed by atoms with Gasteiger partial charge >= 0.3 is 0 Å². The van der Waals surface area contributed by atoms with Gasteiger partial charge in [0.25, 0.3) is 5.91 Å². The van der Waals surface area contributed by atoms with Crippen LogP contribution in [0.5, 0.6) is 0 Å². The third-order valence-electron chi connectivity index (χ3n) is 4.12. The van der Waals surface area contributed by atoms with Gasteiger partial charge in [-0.25, -0.2) is 0 Å². The van der Waals surface area contributed by atoms with Gasteiger partial charge in [-0.2, -0.15) is 0 Å². The molecule has 0 spiro atoms. The number of nitrogens with one attached hydrogen (secondary N) is 1. The van der Waals surface area contributed by atoms with Gasteiger partial charge in [-0.1, -0.05) is 22.9 Å². The lowest BCUT2D eigenvalue weighted by Crippen LogP contribution is -2.52. The normalized spacial score (nSPS) is 27.0. The third-order valence-corrected chi connectivity index (χ3v) is 5.19. The lowest BCUT2D eigenvalue weighted by Gasteiger charge is -2.39. The summed E-state index contributed by atoms with van der Waals surface area (Å²) in [5.74, 6) is 0.767. The predicted octanol–water partition coefficient (Wildman–Crippen LogP) is 3.46. The van der Waals surface area contributed by atoms with Crippen molar-refractivity contribution in [2.45, 2.75) is 45.1 Å². The van der Waals surface area contributed by atoms with Crippen molar-refractivity contribution < 1.29 is 4.79 Å². The molecule has 0 unspecified atom stereocenters. The maximum absolute atomic E-state index is 12.4. The molecule has 0 bridgehead atoms. The minimum Gasteiger partial charge on any atom is -0.346 e. The molecule has 0 saturated heterocycles. The van der Waals surface area contributed by atoms with Crippen LogP contribution in [0.4, 0.5) is 0 Å². The Morgan fingerprint density at radius 3 is 2.79 bits per heavy atom. The summed E-state index contributed by atoms with van der Waals surface area (Å²) in [5.41, 5.74) is 1.38. The van der Waals surface area contributed by atoms with E-state index in [0.29, 0.717) is 5.56 Å². The van der Waals surface area contributed by atoms with Gasteiger partial charge in [0.05, 0.1) is 11.1 Å². The van der Waals surface area contributed by atoms with Crippen LogP contribution in [-0.2, 0) is 0 Å². The fourth-order valence-corrected chi connectivity index (χ4v) is 3.34. The van der Waals surface area contributed by atoms with Gasteiger partial charge in [-0.05, 0) is 50.7 Å². The molecule has 1 aromatic heterocycles. The molecule has 1 amide bonds. The fraction of sp³-hybridized carbons (Fsp3) is 0.600. The number of carbonyl (C=O) groups excluding carboxylic acids is 1. The van der Waals surface area contributed by atoms with Crippen molar-refractivity contribution in [3.8, 4) is 0 Å². The molecule has 19 heavy (non-hydrogen) atoms. The van der Waals surface area contributed by atoms with E-state index in [9.17, 15) is 4.79 Å². The molecule has 1 aromatic rings. The number of aromatic nitrogens is 1. The van der Waals surface area contributed by atoms with Crippen LogP contribution in [0.1, 0.15) is 48.7 Å². The van der Waals surface area contributed by atoms with E-state index >= 15 is 0 Å². The number of amides is 1. The molecule has 1 aliphatic rings. The van der Waals surface area contributed by atoms with Gasteiger partial charge in [0.15, 0.2) is 0 Å². The summed E-state index contributed by atoms with van der Waals surface area (Å²) >= 11 is 3.58. The summed E-state index contributed by atoms with van der Waals surface area (Å²) < 4.78 is 0. The highest BCUT2D eigenvalue weighted by Crippen LogP contribution is 2.33. The summed E-state index contributed by atoms with van der Waals surface area (Å²) in [7, 11) is 0. The number of aryl methyl sites for hydroxylation is 1. The topological polar surface area (TPSA) is 42.0 Å². The number of halogens is 1. The Bertz CT molecular complexity index is 453. The second-order valence-electron chi connectivity index (χ2n) is 5.69. The molecule has 1 aliphatic carbocycles. The van der Waals surface area contributed by atoms with Crippen LogP contribution in [0.2, 0.25) is 0 Å². The van der Waals surface area contributed by atoms with E-state index in [2.05, 4.69) is 33.2 Å². The molecular weight excluding hydrogens is 304 g/mol. The fourth-order valence-electron chi connectivity index (χ4n) is 2.64. The zero-order valence-corrected chi connectivity index (χ0v) is 13.2. The summed E-state index contributed by atoms with van der Waals surface area (Å²) in [6.07, 6.45) is 6.17. The van der Waals surface area contributed by atoms with Gasteiger partial charge in [0.1, 0.15) is 0 Å². The molecular formula is C15H21BrN2O. The van der Waals surface area contributed by atoms with Gasteiger partial charge < -0.3 is 5.32 Å². The van der Waals surface area contributed by atoms with Crippen molar-refractivity contribution >= 4 is 21.8 Å². The Morgan fingerprint density at radius 2 is 2.21 bits per heavy atom. The van der Waals surface area contributed by atoms with Crippen LogP contribution in [0.15, 0.2) is 18.3 Å². The molecule has 4 heteroatoms. The number of carbonyl (C=O) groups is 1. The number of alkyl halides is 1. The molecule has 104 valence electrons. The standard InChI is InChI=1S/C15H21BrN2O/c1-11-5-7-15(10-16,8-6-11)18-14(19)13-4-3-9-17-12(13)2/h3-4,9,11H,5-8,10H2,1-2H3,(H,18,19). The third kappa shape index (κ3) is 3.35. The molecule has 0 atom stereocenters. The van der Waals surface area contributed by atoms with Crippen molar-refractivity contribution in [1.29, 1.82) is 0 Å². The van der Waals surface area contributed by atoms with Gasteiger partial charge in [0, 0.05) is 17.2 Å². The summed E-state index contributed by atoms with van der Waals surface area (Å²) in [6.45, 7) is 4.16. The minimum atomic E-state index is -0.0914. The van der Waals surface area contributed by atoms with Crippen molar-refractivity contribution in [2.75, 3.05) is 5.33 Å². The van der Waals surface area contributed by atoms with E-state index in [4.69, 9.17) is 0 Å². The van der Waals surface area contributed by atoms with E-state index in [0.717, 1.165) is 29.8 Å². The highest BCUT2D eigenvalue weighted by atomic mass is 79.9. The SMILES string of the molecule is Cc1ncccc1C(=O)NC1(CBr)CCC(C)CC1. The van der Waals surface area contributed by atoms with Crippen LogP contribution in [0.25, 0.3) is 0 Å². The molecule has 1 N–H and O–H groups in total. The van der Waals surface area contributed by atoms with Crippen molar-refractivity contribution in [3.05, 3.63) is 29.6 Å². The Labute approximate surface area is 123 Å². The molecule has 0 aromatic carbocycles. The smallest absolute Gasteiger partial charge is 0.253 e. The average molecular weight is 325 g/mol. The number of rotatable bonds is 3. The quantitative estimate of drug-likeness (QED) is 0.865. The minimum absolute atomic E-state index is 0.000368. The maximum atomic E-state index is 12.4. The average Bonchev–Trinajstić information content (AvgIpc) is 2.42. The van der Waals surface area contributed by atoms with Crippen LogP contribution in [0, 0.1) is 12.8 Å². The Hall–Kier alpha value is -0.900. The molecule has 1 fully saturated rings. The highest BCUT2D eigenvalue weighted by molar-refractivity contribution is 9.09. The van der Waals surface area contributed by atoms with Crippen molar-refractivity contribution in [3.63, 3.8) is 0 Å². The first kappa shape index (κ1) is 14.5. The summed E-state index contributed by atoms with van der Waals surface area (Å²) in [6, 6.07) is 3.65. The molecule has 3 nitrogen and oxygen atoms in total. The second-order valence-corrected chi connectivity index (χ2v) is 6.25. The number of pyridine rings is 1. The van der Waals surface area contributed by atoms with E-state index in [1.165, 1.54) is 12.8 Å². The first-order chi connectivity index (χ1) is 9.06. The maximum Gasteiger partial charge on any atom is 0.253 e. The summed E-state index contributed by atoms with van der Waals surface area (Å²) in [5, 5.41) is 4.05. The molecule has 0 aliphatic heterocycles. The van der Waals surface area contributed by atoms with E-state index in [1.54, 1.807) is 6.20 Å². The highest BCUT2D eigenvalue weighted by Gasteiger charge is 2.35. The van der Waals surface area contributed by atoms with Crippen LogP contribution < -0.4 is 5.32 Å². The molecule has 1 saturated carbocycles. The summed E-state index contributed by atoms with van der Waals surface area (Å²) in [4.78, 5) is 16.6. The predicted molar refractivity (Wildman–Crippen MR) is 80.6 cm³/mol. The molecule has 2 rings (SSSR count). The number of nitrogens with zero attached hydrogens (tertiary/aromatic N) is 1. The Morgan fingerprint density at radius 1 is 1.53 bits per heavy atom. The van der Waals surface area contributed by atoms with Crippen LogP contribution in [0.3, 0.4) is 0 Å². The van der Waals surface area contributed by atoms with Crippen LogP contribution in [-0.4, -0.2) is 21.8 Å². The van der Waals surface area contributed by atoms with Crippen LogP contribution >= 0.6 is 15.9 Å². The van der Waals surface area contributed by atoms with Gasteiger partial charge in [0.2, 0.25) is 0 Å². The Kier molecular flexibility index (Phi) is 4.61. The van der Waals surface area contributed by atoms with E-state index < -0.39 is 0 Å². The van der Waals surface area contributed by atoms with E-state index in [-0.39, 0.29) is 11.4 Å². The Balaban J connectivity index is 2.11. The lowest BCUT2D eigenvalue weighted by molar-refractivity contribution is 0.0873. The zero-order chi connectivity index (χ0) is 13.9. The molecule has 0 radical (unpaired) electrons. The first-order valence-corrected chi connectivity index (χ1v) is 7.98. The first-order valence-electron chi connectivity index (χ1n) is 6.86. The lowest BCUT2D eigenvalue weighted by atomic mass is 9.78. The van der Waals surface area contributed by atoms with Crippen molar-refractivity contribution in [2.24, 2.45) is 5.92 Å². The van der Waals surface area contributed by atoms with E-state index in [1.807, 2.05) is 19.1 Å². The van der Waals surface area contributed by atoms with Gasteiger partial charge in [-0.15, -0.1) is 0 Å². The largest absolute Gasteiger partial charge is 0.346 e.